The van der Waals surface area contributed by atoms with Gasteiger partial charge in [-0.05, 0) is 25.3 Å². The Morgan fingerprint density at radius 3 is 2.65 bits per heavy atom. The van der Waals surface area contributed by atoms with Crippen LogP contribution in [0, 0.1) is 10.1 Å². The highest BCUT2D eigenvalue weighted by molar-refractivity contribution is 5.66. The van der Waals surface area contributed by atoms with Gasteiger partial charge in [-0.15, -0.1) is 0 Å². The summed E-state index contributed by atoms with van der Waals surface area (Å²) < 4.78 is 0. The number of nitrogens with one attached hydrogen (secondary N) is 1. The van der Waals surface area contributed by atoms with Crippen LogP contribution in [0.1, 0.15) is 25.3 Å². The van der Waals surface area contributed by atoms with Crippen LogP contribution in [0.15, 0.2) is 18.2 Å². The summed E-state index contributed by atoms with van der Waals surface area (Å²) in [6.45, 7) is 4.13. The van der Waals surface area contributed by atoms with E-state index in [4.69, 9.17) is 0 Å². The molecule has 2 rings (SSSR count). The quantitative estimate of drug-likeness (QED) is 0.651. The van der Waals surface area contributed by atoms with E-state index in [0.29, 0.717) is 12.2 Å². The molecule has 110 valence electrons. The van der Waals surface area contributed by atoms with Crippen LogP contribution >= 0.6 is 0 Å². The van der Waals surface area contributed by atoms with Crippen molar-refractivity contribution in [2.75, 3.05) is 25.5 Å². The molecule has 0 unspecified atom stereocenters. The number of anilines is 1. The molecule has 1 aliphatic heterocycles. The fourth-order valence-corrected chi connectivity index (χ4v) is 2.59. The molecule has 2 N–H and O–H groups in total. The van der Waals surface area contributed by atoms with Crippen molar-refractivity contribution in [3.05, 3.63) is 33.9 Å². The van der Waals surface area contributed by atoms with Crippen LogP contribution in [-0.4, -0.2) is 40.7 Å². The predicted molar refractivity (Wildman–Crippen MR) is 77.8 cm³/mol. The maximum atomic E-state index is 11.0. The number of benzene rings is 1. The Morgan fingerprint density at radius 1 is 1.45 bits per heavy atom. The van der Waals surface area contributed by atoms with E-state index in [2.05, 4.69) is 10.2 Å². The minimum Gasteiger partial charge on any atom is -0.390 e. The molecule has 1 aliphatic rings. The van der Waals surface area contributed by atoms with Crippen molar-refractivity contribution >= 4 is 11.4 Å². The van der Waals surface area contributed by atoms with Crippen molar-refractivity contribution in [2.24, 2.45) is 0 Å². The lowest BCUT2D eigenvalue weighted by Gasteiger charge is -2.36. The third-order valence-corrected chi connectivity index (χ3v) is 3.90. The maximum Gasteiger partial charge on any atom is 0.292 e. The summed E-state index contributed by atoms with van der Waals surface area (Å²) in [6, 6.07) is 5.14. The number of para-hydroxylation sites is 1. The van der Waals surface area contributed by atoms with Crippen molar-refractivity contribution in [3.63, 3.8) is 0 Å². The summed E-state index contributed by atoms with van der Waals surface area (Å²) in [6.07, 6.45) is 1.47. The molecule has 0 spiro atoms. The van der Waals surface area contributed by atoms with Gasteiger partial charge in [-0.1, -0.05) is 12.1 Å². The first-order valence-corrected chi connectivity index (χ1v) is 6.82. The van der Waals surface area contributed by atoms with Gasteiger partial charge < -0.3 is 10.4 Å². The van der Waals surface area contributed by atoms with E-state index in [0.717, 1.165) is 31.5 Å². The first-order valence-electron chi connectivity index (χ1n) is 6.82. The number of hydrogen-bond donors (Lipinski definition) is 2. The maximum absolute atomic E-state index is 11.0. The zero-order valence-electron chi connectivity index (χ0n) is 11.9. The van der Waals surface area contributed by atoms with Crippen LogP contribution in [-0.2, 0) is 6.54 Å². The topological polar surface area (TPSA) is 78.6 Å². The van der Waals surface area contributed by atoms with E-state index in [-0.39, 0.29) is 10.6 Å². The van der Waals surface area contributed by atoms with Gasteiger partial charge in [0, 0.05) is 32.7 Å². The molecule has 0 radical (unpaired) electrons. The third kappa shape index (κ3) is 3.26. The Morgan fingerprint density at radius 2 is 2.10 bits per heavy atom. The van der Waals surface area contributed by atoms with Crippen molar-refractivity contribution < 1.29 is 10.0 Å². The fraction of sp³-hybridized carbons (Fsp3) is 0.571. The molecule has 0 saturated carbocycles. The molecule has 20 heavy (non-hydrogen) atoms. The minimum atomic E-state index is -0.578. The van der Waals surface area contributed by atoms with Crippen LogP contribution in [0.5, 0.6) is 0 Å². The van der Waals surface area contributed by atoms with Crippen molar-refractivity contribution in [1.82, 2.24) is 4.90 Å². The average Bonchev–Trinajstić information content (AvgIpc) is 2.40. The summed E-state index contributed by atoms with van der Waals surface area (Å²) in [5.74, 6) is 0. The molecule has 1 heterocycles. The van der Waals surface area contributed by atoms with Gasteiger partial charge >= 0.3 is 0 Å². The van der Waals surface area contributed by atoms with E-state index in [1.165, 1.54) is 6.07 Å². The lowest BCUT2D eigenvalue weighted by Crippen LogP contribution is -2.42. The monoisotopic (exact) mass is 279 g/mol. The van der Waals surface area contributed by atoms with E-state index >= 15 is 0 Å². The third-order valence-electron chi connectivity index (χ3n) is 3.90. The Balaban J connectivity index is 2.14. The standard InChI is InChI=1S/C14H21N3O3/c1-14(18)6-8-16(9-7-14)10-11-4-3-5-12(17(19)20)13(11)15-2/h3-5,15,18H,6-10H2,1-2H3. The number of nitro groups is 1. The first kappa shape index (κ1) is 14.7. The average molecular weight is 279 g/mol. The molecule has 6 heteroatoms. The highest BCUT2D eigenvalue weighted by Crippen LogP contribution is 2.30. The zero-order chi connectivity index (χ0) is 14.8. The molecule has 1 aromatic rings. The normalized spacial score (nSPS) is 18.8. The molecule has 0 amide bonds. The Hall–Kier alpha value is -1.66. The van der Waals surface area contributed by atoms with Gasteiger partial charge in [-0.3, -0.25) is 15.0 Å². The van der Waals surface area contributed by atoms with Crippen LogP contribution in [0.25, 0.3) is 0 Å². The molecule has 6 nitrogen and oxygen atoms in total. The van der Waals surface area contributed by atoms with Gasteiger partial charge in [0.1, 0.15) is 5.69 Å². The Bertz CT molecular complexity index is 492. The summed E-state index contributed by atoms with van der Waals surface area (Å²) in [5, 5.41) is 23.9. The van der Waals surface area contributed by atoms with Crippen molar-refractivity contribution in [1.29, 1.82) is 0 Å². The van der Waals surface area contributed by atoms with E-state index < -0.39 is 5.60 Å². The number of nitrogens with zero attached hydrogens (tertiary/aromatic N) is 2. The number of aliphatic hydroxyl groups is 1. The molecule has 0 aromatic heterocycles. The Kier molecular flexibility index (Phi) is 4.25. The van der Waals surface area contributed by atoms with Crippen LogP contribution in [0.2, 0.25) is 0 Å². The summed E-state index contributed by atoms with van der Waals surface area (Å²) in [7, 11) is 1.70. The van der Waals surface area contributed by atoms with Crippen LogP contribution in [0.4, 0.5) is 11.4 Å². The van der Waals surface area contributed by atoms with Gasteiger partial charge in [-0.2, -0.15) is 0 Å². The van der Waals surface area contributed by atoms with Gasteiger partial charge in [0.15, 0.2) is 0 Å². The molecular formula is C14H21N3O3. The van der Waals surface area contributed by atoms with Crippen molar-refractivity contribution in [2.45, 2.75) is 31.9 Å². The number of rotatable bonds is 4. The van der Waals surface area contributed by atoms with Crippen molar-refractivity contribution in [3.8, 4) is 0 Å². The number of likely N-dealkylation sites (tertiary alicyclic amines) is 1. The smallest absolute Gasteiger partial charge is 0.292 e. The second kappa shape index (κ2) is 5.76. The van der Waals surface area contributed by atoms with E-state index in [1.807, 2.05) is 13.0 Å². The summed E-state index contributed by atoms with van der Waals surface area (Å²) >= 11 is 0. The van der Waals surface area contributed by atoms with E-state index in [9.17, 15) is 15.2 Å². The molecular weight excluding hydrogens is 258 g/mol. The molecule has 1 aromatic carbocycles. The van der Waals surface area contributed by atoms with Crippen LogP contribution < -0.4 is 5.32 Å². The fourth-order valence-electron chi connectivity index (χ4n) is 2.59. The highest BCUT2D eigenvalue weighted by atomic mass is 16.6. The van der Waals surface area contributed by atoms with Gasteiger partial charge in [0.05, 0.1) is 10.5 Å². The molecule has 0 aliphatic carbocycles. The zero-order valence-corrected chi connectivity index (χ0v) is 11.9. The number of piperidine rings is 1. The second-order valence-corrected chi connectivity index (χ2v) is 5.59. The number of hydrogen-bond acceptors (Lipinski definition) is 5. The Labute approximate surface area is 118 Å². The number of nitro benzene ring substituents is 1. The highest BCUT2D eigenvalue weighted by Gasteiger charge is 2.28. The SMILES string of the molecule is CNc1c(CN2CCC(C)(O)CC2)cccc1[N+](=O)[O-]. The minimum absolute atomic E-state index is 0.106. The lowest BCUT2D eigenvalue weighted by molar-refractivity contribution is -0.384. The second-order valence-electron chi connectivity index (χ2n) is 5.59. The van der Waals surface area contributed by atoms with E-state index in [1.54, 1.807) is 13.1 Å². The molecule has 1 saturated heterocycles. The predicted octanol–water partition coefficient (Wildman–Crippen LogP) is 1.98. The van der Waals surface area contributed by atoms with Gasteiger partial charge in [-0.25, -0.2) is 0 Å². The van der Waals surface area contributed by atoms with Gasteiger partial charge in [0.25, 0.3) is 5.69 Å². The van der Waals surface area contributed by atoms with Gasteiger partial charge in [0.2, 0.25) is 0 Å². The molecule has 1 fully saturated rings. The lowest BCUT2D eigenvalue weighted by atomic mass is 9.93. The molecule has 0 atom stereocenters. The molecule has 0 bridgehead atoms. The largest absolute Gasteiger partial charge is 0.390 e. The first-order chi connectivity index (χ1) is 9.43. The summed E-state index contributed by atoms with van der Waals surface area (Å²) in [5.41, 5.74) is 1.03. The summed E-state index contributed by atoms with van der Waals surface area (Å²) in [4.78, 5) is 12.9. The van der Waals surface area contributed by atoms with Crippen LogP contribution in [0.3, 0.4) is 0 Å².